The van der Waals surface area contributed by atoms with E-state index in [0.29, 0.717) is 39.4 Å². The van der Waals surface area contributed by atoms with Crippen LogP contribution < -0.4 is 5.32 Å². The van der Waals surface area contributed by atoms with Gasteiger partial charge in [-0.25, -0.2) is 4.79 Å². The fourth-order valence-corrected chi connectivity index (χ4v) is 1.94. The molecule has 7 heteroatoms. The lowest BCUT2D eigenvalue weighted by Gasteiger charge is -2.34. The highest BCUT2D eigenvalue weighted by atomic mass is 16.5. The van der Waals surface area contributed by atoms with Gasteiger partial charge in [0.05, 0.1) is 19.2 Å². The van der Waals surface area contributed by atoms with Crippen molar-refractivity contribution in [3.05, 3.63) is 0 Å². The third-order valence-corrected chi connectivity index (χ3v) is 2.96. The van der Waals surface area contributed by atoms with Crippen LogP contribution in [0.5, 0.6) is 0 Å². The molecule has 19 heavy (non-hydrogen) atoms. The number of hydrogen-bond donors (Lipinski definition) is 2. The van der Waals surface area contributed by atoms with Crippen molar-refractivity contribution >= 4 is 12.0 Å². The Morgan fingerprint density at radius 3 is 2.47 bits per heavy atom. The summed E-state index contributed by atoms with van der Waals surface area (Å²) in [7, 11) is 0. The van der Waals surface area contributed by atoms with Crippen molar-refractivity contribution in [1.82, 2.24) is 15.1 Å². The van der Waals surface area contributed by atoms with Crippen molar-refractivity contribution in [2.75, 3.05) is 45.9 Å². The van der Waals surface area contributed by atoms with Crippen LogP contribution in [0.15, 0.2) is 0 Å². The number of amides is 2. The van der Waals surface area contributed by atoms with Crippen LogP contribution in [0.2, 0.25) is 0 Å². The van der Waals surface area contributed by atoms with Gasteiger partial charge < -0.3 is 20.1 Å². The van der Waals surface area contributed by atoms with Crippen LogP contribution in [0.1, 0.15) is 13.8 Å². The minimum Gasteiger partial charge on any atom is -0.480 e. The second kappa shape index (κ2) is 7.96. The van der Waals surface area contributed by atoms with Crippen LogP contribution in [0.4, 0.5) is 4.79 Å². The molecule has 0 aliphatic carbocycles. The van der Waals surface area contributed by atoms with E-state index in [-0.39, 0.29) is 18.6 Å². The number of rotatable bonds is 6. The van der Waals surface area contributed by atoms with Crippen molar-refractivity contribution < 1.29 is 19.4 Å². The normalized spacial score (nSPS) is 18.1. The van der Waals surface area contributed by atoms with E-state index in [9.17, 15) is 9.59 Å². The Morgan fingerprint density at radius 2 is 1.95 bits per heavy atom. The maximum Gasteiger partial charge on any atom is 0.317 e. The average Bonchev–Trinajstić information content (AvgIpc) is 2.36. The smallest absolute Gasteiger partial charge is 0.317 e. The second-order valence-electron chi connectivity index (χ2n) is 4.67. The summed E-state index contributed by atoms with van der Waals surface area (Å²) < 4.78 is 5.24. The van der Waals surface area contributed by atoms with Gasteiger partial charge in [0.2, 0.25) is 0 Å². The van der Waals surface area contributed by atoms with Gasteiger partial charge in [-0.2, -0.15) is 0 Å². The summed E-state index contributed by atoms with van der Waals surface area (Å²) >= 11 is 0. The molecule has 1 unspecified atom stereocenters. The van der Waals surface area contributed by atoms with E-state index in [1.807, 2.05) is 18.7 Å². The van der Waals surface area contributed by atoms with Gasteiger partial charge in [-0.05, 0) is 13.8 Å². The van der Waals surface area contributed by atoms with Gasteiger partial charge in [-0.15, -0.1) is 0 Å². The number of ether oxygens (including phenoxy) is 1. The number of carboxylic acid groups (broad SMARTS) is 1. The zero-order valence-corrected chi connectivity index (χ0v) is 11.6. The van der Waals surface area contributed by atoms with Crippen molar-refractivity contribution in [2.45, 2.75) is 19.9 Å². The highest BCUT2D eigenvalue weighted by Crippen LogP contribution is 2.02. The molecule has 2 amide bonds. The number of aliphatic carboxylic acids is 1. The number of nitrogens with zero attached hydrogens (tertiary/aromatic N) is 2. The third-order valence-electron chi connectivity index (χ3n) is 2.96. The fraction of sp³-hybridized carbons (Fsp3) is 0.833. The highest BCUT2D eigenvalue weighted by Gasteiger charge is 2.22. The summed E-state index contributed by atoms with van der Waals surface area (Å²) in [6, 6.07) is -0.133. The number of carbonyl (C=O) groups is 2. The third kappa shape index (κ3) is 5.89. The predicted octanol–water partition coefficient (Wildman–Crippen LogP) is -0.177. The SMILES string of the molecule is CCOCC(C)NC(=O)N1CCN(CC(=O)O)CC1. The lowest BCUT2D eigenvalue weighted by atomic mass is 10.3. The largest absolute Gasteiger partial charge is 0.480 e. The molecule has 0 radical (unpaired) electrons. The van der Waals surface area contributed by atoms with E-state index in [1.54, 1.807) is 4.90 Å². The molecule has 0 bridgehead atoms. The van der Waals surface area contributed by atoms with Crippen molar-refractivity contribution in [3.63, 3.8) is 0 Å². The molecule has 0 aromatic carbocycles. The molecular formula is C12H23N3O4. The first-order valence-electron chi connectivity index (χ1n) is 6.60. The molecule has 0 saturated carbocycles. The number of piperazine rings is 1. The van der Waals surface area contributed by atoms with Crippen LogP contribution >= 0.6 is 0 Å². The maximum absolute atomic E-state index is 11.9. The van der Waals surface area contributed by atoms with E-state index in [4.69, 9.17) is 9.84 Å². The standard InChI is InChI=1S/C12H23N3O4/c1-3-19-9-10(2)13-12(18)15-6-4-14(5-7-15)8-11(16)17/h10H,3-9H2,1-2H3,(H,13,18)(H,16,17). The van der Waals surface area contributed by atoms with E-state index in [0.717, 1.165) is 0 Å². The molecule has 1 heterocycles. The second-order valence-corrected chi connectivity index (χ2v) is 4.67. The van der Waals surface area contributed by atoms with E-state index in [2.05, 4.69) is 5.32 Å². The lowest BCUT2D eigenvalue weighted by Crippen LogP contribution is -2.54. The molecule has 1 aliphatic rings. The average molecular weight is 273 g/mol. The molecule has 110 valence electrons. The molecular weight excluding hydrogens is 250 g/mol. The molecule has 2 N–H and O–H groups in total. The first-order chi connectivity index (χ1) is 9.02. The van der Waals surface area contributed by atoms with Gasteiger partial charge in [-0.3, -0.25) is 9.69 Å². The van der Waals surface area contributed by atoms with Crippen molar-refractivity contribution in [2.24, 2.45) is 0 Å². The Bertz CT molecular complexity index is 303. The van der Waals surface area contributed by atoms with Gasteiger partial charge in [-0.1, -0.05) is 0 Å². The molecule has 1 atom stereocenters. The Hall–Kier alpha value is -1.34. The molecule has 1 fully saturated rings. The Balaban J connectivity index is 2.26. The first-order valence-corrected chi connectivity index (χ1v) is 6.60. The zero-order chi connectivity index (χ0) is 14.3. The van der Waals surface area contributed by atoms with E-state index in [1.165, 1.54) is 0 Å². The summed E-state index contributed by atoms with van der Waals surface area (Å²) in [4.78, 5) is 26.0. The molecule has 0 aromatic rings. The molecule has 1 aliphatic heterocycles. The molecule has 0 spiro atoms. The van der Waals surface area contributed by atoms with Crippen LogP contribution in [-0.2, 0) is 9.53 Å². The Labute approximate surface area is 113 Å². The van der Waals surface area contributed by atoms with Gasteiger partial charge in [0.15, 0.2) is 0 Å². The van der Waals surface area contributed by atoms with E-state index >= 15 is 0 Å². The lowest BCUT2D eigenvalue weighted by molar-refractivity contribution is -0.138. The van der Waals surface area contributed by atoms with Gasteiger partial charge in [0.1, 0.15) is 0 Å². The fourth-order valence-electron chi connectivity index (χ4n) is 1.94. The number of carbonyl (C=O) groups excluding carboxylic acids is 1. The molecule has 1 rings (SSSR count). The summed E-state index contributed by atoms with van der Waals surface area (Å²) in [5.74, 6) is -0.830. The molecule has 7 nitrogen and oxygen atoms in total. The zero-order valence-electron chi connectivity index (χ0n) is 11.6. The van der Waals surface area contributed by atoms with E-state index < -0.39 is 5.97 Å². The first kappa shape index (κ1) is 15.7. The Kier molecular flexibility index (Phi) is 6.58. The van der Waals surface area contributed by atoms with Crippen molar-refractivity contribution in [1.29, 1.82) is 0 Å². The maximum atomic E-state index is 11.9. The number of hydrogen-bond acceptors (Lipinski definition) is 4. The van der Waals surface area contributed by atoms with Gasteiger partial charge in [0, 0.05) is 32.8 Å². The summed E-state index contributed by atoms with van der Waals surface area (Å²) in [6.07, 6.45) is 0. The number of urea groups is 1. The van der Waals surface area contributed by atoms with Crippen LogP contribution in [0.3, 0.4) is 0 Å². The summed E-state index contributed by atoms with van der Waals surface area (Å²) in [5.41, 5.74) is 0. The minimum atomic E-state index is -0.830. The minimum absolute atomic E-state index is 0.0236. The predicted molar refractivity (Wildman–Crippen MR) is 70.1 cm³/mol. The van der Waals surface area contributed by atoms with Gasteiger partial charge >= 0.3 is 12.0 Å². The number of nitrogens with one attached hydrogen (secondary N) is 1. The highest BCUT2D eigenvalue weighted by molar-refractivity contribution is 5.74. The molecule has 0 aromatic heterocycles. The van der Waals surface area contributed by atoms with Crippen LogP contribution in [0, 0.1) is 0 Å². The summed E-state index contributed by atoms with van der Waals surface area (Å²) in [5, 5.41) is 11.6. The van der Waals surface area contributed by atoms with Crippen LogP contribution in [-0.4, -0.2) is 78.9 Å². The topological polar surface area (TPSA) is 82.1 Å². The summed E-state index contributed by atoms with van der Waals surface area (Å²) in [6.45, 7) is 7.29. The Morgan fingerprint density at radius 1 is 1.32 bits per heavy atom. The van der Waals surface area contributed by atoms with Crippen molar-refractivity contribution in [3.8, 4) is 0 Å². The number of carboxylic acids is 1. The quantitative estimate of drug-likeness (QED) is 0.702. The molecule has 1 saturated heterocycles. The monoisotopic (exact) mass is 273 g/mol. The van der Waals surface area contributed by atoms with Gasteiger partial charge in [0.25, 0.3) is 0 Å². The van der Waals surface area contributed by atoms with Crippen LogP contribution in [0.25, 0.3) is 0 Å².